The second kappa shape index (κ2) is 5.08. The van der Waals surface area contributed by atoms with Gasteiger partial charge in [0, 0.05) is 18.1 Å². The van der Waals surface area contributed by atoms with E-state index in [1.165, 1.54) is 4.57 Å². The molecule has 116 valence electrons. The molecule has 3 heterocycles. The van der Waals surface area contributed by atoms with Crippen molar-refractivity contribution in [3.63, 3.8) is 0 Å². The molecule has 1 aromatic heterocycles. The van der Waals surface area contributed by atoms with E-state index in [0.29, 0.717) is 18.1 Å². The van der Waals surface area contributed by atoms with Gasteiger partial charge in [-0.2, -0.15) is 0 Å². The zero-order valence-electron chi connectivity index (χ0n) is 11.9. The summed E-state index contributed by atoms with van der Waals surface area (Å²) in [5.41, 5.74) is 0.783. The Morgan fingerprint density at radius 3 is 2.77 bits per heavy atom. The number of aromatic nitrogens is 1. The SMILES string of the molecule is O=C(Cn1c(=O)sc2ccc(Cl)cc21)N1CCC2(CC1)CO2. The second-order valence-electron chi connectivity index (χ2n) is 5.92. The van der Waals surface area contributed by atoms with Gasteiger partial charge in [-0.15, -0.1) is 0 Å². The van der Waals surface area contributed by atoms with E-state index >= 15 is 0 Å². The third-order valence-corrected chi connectivity index (χ3v) is 5.70. The number of hydrogen-bond donors (Lipinski definition) is 0. The van der Waals surface area contributed by atoms with E-state index < -0.39 is 0 Å². The monoisotopic (exact) mass is 338 g/mol. The van der Waals surface area contributed by atoms with Crippen LogP contribution in [0.2, 0.25) is 5.02 Å². The van der Waals surface area contributed by atoms with Crippen LogP contribution in [0.4, 0.5) is 0 Å². The number of ether oxygens (including phenoxy) is 1. The second-order valence-corrected chi connectivity index (χ2v) is 7.35. The molecule has 0 N–H and O–H groups in total. The van der Waals surface area contributed by atoms with E-state index in [9.17, 15) is 9.59 Å². The summed E-state index contributed by atoms with van der Waals surface area (Å²) in [6.45, 7) is 2.31. The highest BCUT2D eigenvalue weighted by molar-refractivity contribution is 7.16. The van der Waals surface area contributed by atoms with Gasteiger partial charge in [0.15, 0.2) is 0 Å². The molecule has 22 heavy (non-hydrogen) atoms. The number of nitrogens with zero attached hydrogens (tertiary/aromatic N) is 2. The number of thiazole rings is 1. The number of hydrogen-bond acceptors (Lipinski definition) is 4. The van der Waals surface area contributed by atoms with E-state index in [4.69, 9.17) is 16.3 Å². The van der Waals surface area contributed by atoms with Gasteiger partial charge in [-0.3, -0.25) is 14.2 Å². The molecule has 0 unspecified atom stereocenters. The first-order chi connectivity index (χ1) is 10.6. The van der Waals surface area contributed by atoms with Crippen molar-refractivity contribution < 1.29 is 9.53 Å². The molecule has 1 spiro atoms. The zero-order chi connectivity index (χ0) is 15.3. The first kappa shape index (κ1) is 14.2. The summed E-state index contributed by atoms with van der Waals surface area (Å²) < 4.78 is 7.83. The smallest absolute Gasteiger partial charge is 0.308 e. The molecule has 5 nitrogen and oxygen atoms in total. The molecule has 2 aliphatic rings. The molecule has 0 bridgehead atoms. The Kier molecular flexibility index (Phi) is 3.29. The molecule has 0 radical (unpaired) electrons. The minimum absolute atomic E-state index is 0.0164. The van der Waals surface area contributed by atoms with Crippen molar-refractivity contribution in [3.05, 3.63) is 32.9 Å². The summed E-state index contributed by atoms with van der Waals surface area (Å²) in [7, 11) is 0. The Balaban J connectivity index is 1.55. The van der Waals surface area contributed by atoms with Gasteiger partial charge in [0.2, 0.25) is 5.91 Å². The highest BCUT2D eigenvalue weighted by atomic mass is 35.5. The number of rotatable bonds is 2. The van der Waals surface area contributed by atoms with Crippen molar-refractivity contribution in [2.75, 3.05) is 19.7 Å². The van der Waals surface area contributed by atoms with Crippen molar-refractivity contribution >= 4 is 39.1 Å². The predicted molar refractivity (Wildman–Crippen MR) is 85.6 cm³/mol. The molecule has 2 aromatic rings. The first-order valence-electron chi connectivity index (χ1n) is 7.27. The molecule has 4 rings (SSSR count). The van der Waals surface area contributed by atoms with Gasteiger partial charge < -0.3 is 9.64 Å². The Morgan fingerprint density at radius 2 is 2.09 bits per heavy atom. The summed E-state index contributed by atoms with van der Waals surface area (Å²) in [6.07, 6.45) is 1.79. The zero-order valence-corrected chi connectivity index (χ0v) is 13.5. The quantitative estimate of drug-likeness (QED) is 0.788. The number of amides is 1. The Labute approximate surface area is 136 Å². The normalized spacial score (nSPS) is 19.8. The fraction of sp³-hybridized carbons (Fsp3) is 0.467. The summed E-state index contributed by atoms with van der Waals surface area (Å²) in [5, 5.41) is 0.567. The van der Waals surface area contributed by atoms with E-state index in [1.807, 2.05) is 11.0 Å². The molecule has 2 aliphatic heterocycles. The summed E-state index contributed by atoms with van der Waals surface area (Å²) in [5.74, 6) is -0.0164. The van der Waals surface area contributed by atoms with E-state index in [-0.39, 0.29) is 22.9 Å². The molecular formula is C15H15ClN2O3S. The molecular weight excluding hydrogens is 324 g/mol. The average Bonchev–Trinajstić information content (AvgIpc) is 3.19. The van der Waals surface area contributed by atoms with Crippen LogP contribution in [0, 0.1) is 0 Å². The maximum atomic E-state index is 12.5. The lowest BCUT2D eigenvalue weighted by Gasteiger charge is -2.30. The molecule has 1 aromatic carbocycles. The number of likely N-dealkylation sites (tertiary alicyclic amines) is 1. The van der Waals surface area contributed by atoms with Gasteiger partial charge in [0.05, 0.1) is 22.4 Å². The van der Waals surface area contributed by atoms with Crippen LogP contribution in [0.15, 0.2) is 23.0 Å². The van der Waals surface area contributed by atoms with Crippen molar-refractivity contribution in [2.24, 2.45) is 0 Å². The van der Waals surface area contributed by atoms with E-state index in [0.717, 1.165) is 41.0 Å². The van der Waals surface area contributed by atoms with Crippen LogP contribution < -0.4 is 4.87 Å². The fourth-order valence-corrected chi connectivity index (χ4v) is 4.01. The van der Waals surface area contributed by atoms with Gasteiger partial charge in [-0.1, -0.05) is 22.9 Å². The average molecular weight is 339 g/mol. The minimum atomic E-state index is -0.121. The lowest BCUT2D eigenvalue weighted by Crippen LogP contribution is -2.43. The number of epoxide rings is 1. The number of carbonyl (C=O) groups is 1. The van der Waals surface area contributed by atoms with Crippen LogP contribution in [0.3, 0.4) is 0 Å². The molecule has 2 saturated heterocycles. The van der Waals surface area contributed by atoms with Crippen LogP contribution in [0.25, 0.3) is 10.2 Å². The maximum Gasteiger partial charge on any atom is 0.308 e. The van der Waals surface area contributed by atoms with Crippen LogP contribution in [0.5, 0.6) is 0 Å². The van der Waals surface area contributed by atoms with Crippen LogP contribution in [-0.4, -0.2) is 40.7 Å². The lowest BCUT2D eigenvalue weighted by atomic mass is 9.98. The van der Waals surface area contributed by atoms with Crippen LogP contribution in [-0.2, 0) is 16.1 Å². The van der Waals surface area contributed by atoms with Gasteiger partial charge in [0.1, 0.15) is 6.54 Å². The third-order valence-electron chi connectivity index (χ3n) is 4.50. The van der Waals surface area contributed by atoms with Gasteiger partial charge in [0.25, 0.3) is 0 Å². The van der Waals surface area contributed by atoms with E-state index in [2.05, 4.69) is 0 Å². The topological polar surface area (TPSA) is 54.8 Å². The van der Waals surface area contributed by atoms with Crippen LogP contribution >= 0.6 is 22.9 Å². The summed E-state index contributed by atoms with van der Waals surface area (Å²) >= 11 is 7.15. The Bertz CT molecular complexity index is 799. The van der Waals surface area contributed by atoms with Gasteiger partial charge >= 0.3 is 4.87 Å². The standard InChI is InChI=1S/C15H15ClN2O3S/c16-10-1-2-12-11(7-10)18(14(20)22-12)8-13(19)17-5-3-15(4-6-17)9-21-15/h1-2,7H,3-6,8-9H2. The van der Waals surface area contributed by atoms with E-state index in [1.54, 1.807) is 12.1 Å². The fourth-order valence-electron chi connectivity index (χ4n) is 2.97. The third kappa shape index (κ3) is 2.45. The molecule has 0 saturated carbocycles. The van der Waals surface area contributed by atoms with Crippen molar-refractivity contribution in [1.82, 2.24) is 9.47 Å². The summed E-state index contributed by atoms with van der Waals surface area (Å²) in [4.78, 5) is 26.3. The number of carbonyl (C=O) groups excluding carboxylic acids is 1. The number of piperidine rings is 1. The first-order valence-corrected chi connectivity index (χ1v) is 8.46. The highest BCUT2D eigenvalue weighted by Gasteiger charge is 2.47. The largest absolute Gasteiger partial charge is 0.369 e. The highest BCUT2D eigenvalue weighted by Crippen LogP contribution is 2.37. The number of fused-ring (bicyclic) bond motifs is 1. The lowest BCUT2D eigenvalue weighted by molar-refractivity contribution is -0.133. The number of halogens is 1. The predicted octanol–water partition coefficient (Wildman–Crippen LogP) is 2.11. The van der Waals surface area contributed by atoms with Crippen molar-refractivity contribution in [3.8, 4) is 0 Å². The Morgan fingerprint density at radius 1 is 1.36 bits per heavy atom. The summed E-state index contributed by atoms with van der Waals surface area (Å²) in [6, 6.07) is 5.32. The van der Waals surface area contributed by atoms with Gasteiger partial charge in [-0.05, 0) is 31.0 Å². The molecule has 1 amide bonds. The number of benzene rings is 1. The molecule has 2 fully saturated rings. The molecule has 0 aliphatic carbocycles. The maximum absolute atomic E-state index is 12.5. The van der Waals surface area contributed by atoms with Crippen molar-refractivity contribution in [1.29, 1.82) is 0 Å². The molecule has 0 atom stereocenters. The van der Waals surface area contributed by atoms with Crippen LogP contribution in [0.1, 0.15) is 12.8 Å². The van der Waals surface area contributed by atoms with Crippen molar-refractivity contribution in [2.45, 2.75) is 25.0 Å². The molecule has 7 heteroatoms. The Hall–Kier alpha value is -1.37. The van der Waals surface area contributed by atoms with Gasteiger partial charge in [-0.25, -0.2) is 0 Å². The minimum Gasteiger partial charge on any atom is -0.369 e.